The zero-order valence-corrected chi connectivity index (χ0v) is 14.2. The van der Waals surface area contributed by atoms with Crippen LogP contribution in [0.15, 0.2) is 24.3 Å². The number of thiocarbonyl (C=S) groups is 2. The standard InChI is InChI=1S/C16H22N4S2/c21-15(19-13-5-6-13)17-9-11-1-2-12(4-3-11)10-18-16(22)20-14-7-8-14/h1-4,13-14H,5-10H2,(H2,17,19,21)(H2,18,20,22). The minimum absolute atomic E-state index is 0.599. The average molecular weight is 335 g/mol. The Morgan fingerprint density at radius 2 is 1.14 bits per heavy atom. The largest absolute Gasteiger partial charge is 0.360 e. The molecule has 0 aliphatic heterocycles. The minimum atomic E-state index is 0.599. The second-order valence-electron chi connectivity index (χ2n) is 6.02. The van der Waals surface area contributed by atoms with E-state index in [-0.39, 0.29) is 0 Å². The van der Waals surface area contributed by atoms with Gasteiger partial charge in [-0.05, 0) is 61.2 Å². The normalized spacial score (nSPS) is 16.7. The predicted octanol–water partition coefficient (Wildman–Crippen LogP) is 1.94. The van der Waals surface area contributed by atoms with Crippen LogP contribution < -0.4 is 21.3 Å². The van der Waals surface area contributed by atoms with Crippen LogP contribution in [0.3, 0.4) is 0 Å². The summed E-state index contributed by atoms with van der Waals surface area (Å²) < 4.78 is 0. The highest BCUT2D eigenvalue weighted by atomic mass is 32.1. The van der Waals surface area contributed by atoms with Crippen LogP contribution in [0.5, 0.6) is 0 Å². The Hall–Kier alpha value is -1.40. The molecule has 0 heterocycles. The topological polar surface area (TPSA) is 48.1 Å². The fraction of sp³-hybridized carbons (Fsp3) is 0.500. The van der Waals surface area contributed by atoms with Crippen molar-refractivity contribution in [2.75, 3.05) is 0 Å². The molecule has 2 fully saturated rings. The van der Waals surface area contributed by atoms with Gasteiger partial charge in [0.05, 0.1) is 0 Å². The molecule has 0 unspecified atom stereocenters. The molecule has 4 nitrogen and oxygen atoms in total. The van der Waals surface area contributed by atoms with Crippen molar-refractivity contribution < 1.29 is 0 Å². The predicted molar refractivity (Wildman–Crippen MR) is 97.6 cm³/mol. The van der Waals surface area contributed by atoms with Crippen molar-refractivity contribution in [3.05, 3.63) is 35.4 Å². The van der Waals surface area contributed by atoms with E-state index < -0.39 is 0 Å². The van der Waals surface area contributed by atoms with Gasteiger partial charge in [0, 0.05) is 25.2 Å². The molecule has 3 rings (SSSR count). The van der Waals surface area contributed by atoms with Crippen LogP contribution in [-0.4, -0.2) is 22.3 Å². The highest BCUT2D eigenvalue weighted by Crippen LogP contribution is 2.18. The summed E-state index contributed by atoms with van der Waals surface area (Å²) in [6, 6.07) is 9.70. The summed E-state index contributed by atoms with van der Waals surface area (Å²) >= 11 is 10.5. The Kier molecular flexibility index (Phi) is 5.10. The first-order valence-corrected chi connectivity index (χ1v) is 8.67. The van der Waals surface area contributed by atoms with Crippen molar-refractivity contribution in [1.29, 1.82) is 0 Å². The quantitative estimate of drug-likeness (QED) is 0.597. The summed E-state index contributed by atoms with van der Waals surface area (Å²) in [6.45, 7) is 1.52. The zero-order chi connectivity index (χ0) is 15.4. The molecule has 0 bridgehead atoms. The molecule has 2 saturated carbocycles. The molecule has 2 aliphatic rings. The third-order valence-electron chi connectivity index (χ3n) is 3.75. The fourth-order valence-corrected chi connectivity index (χ4v) is 2.55. The van der Waals surface area contributed by atoms with E-state index in [1.165, 1.54) is 36.8 Å². The van der Waals surface area contributed by atoms with E-state index in [9.17, 15) is 0 Å². The molecule has 22 heavy (non-hydrogen) atoms. The molecule has 1 aromatic rings. The fourth-order valence-electron chi connectivity index (χ4n) is 2.07. The van der Waals surface area contributed by atoms with Gasteiger partial charge >= 0.3 is 0 Å². The summed E-state index contributed by atoms with van der Waals surface area (Å²) in [7, 11) is 0. The van der Waals surface area contributed by atoms with Crippen LogP contribution in [0.2, 0.25) is 0 Å². The van der Waals surface area contributed by atoms with Gasteiger partial charge in [-0.2, -0.15) is 0 Å². The number of hydrogen-bond donors (Lipinski definition) is 4. The molecular weight excluding hydrogens is 312 g/mol. The van der Waals surface area contributed by atoms with Gasteiger partial charge in [-0.25, -0.2) is 0 Å². The van der Waals surface area contributed by atoms with Crippen LogP contribution in [-0.2, 0) is 13.1 Å². The molecular formula is C16H22N4S2. The van der Waals surface area contributed by atoms with Gasteiger partial charge in [0.25, 0.3) is 0 Å². The molecule has 0 saturated heterocycles. The van der Waals surface area contributed by atoms with E-state index in [1.807, 2.05) is 0 Å². The number of rotatable bonds is 6. The third kappa shape index (κ3) is 5.42. The summed E-state index contributed by atoms with van der Waals surface area (Å²) in [6.07, 6.45) is 4.95. The third-order valence-corrected chi connectivity index (χ3v) is 4.28. The highest BCUT2D eigenvalue weighted by Gasteiger charge is 2.22. The Balaban J connectivity index is 1.37. The van der Waals surface area contributed by atoms with Gasteiger partial charge < -0.3 is 21.3 Å². The molecule has 0 aromatic heterocycles. The van der Waals surface area contributed by atoms with Crippen molar-refractivity contribution in [2.45, 2.75) is 50.9 Å². The van der Waals surface area contributed by atoms with Gasteiger partial charge in [0.15, 0.2) is 10.2 Å². The van der Waals surface area contributed by atoms with Crippen molar-refractivity contribution >= 4 is 34.7 Å². The van der Waals surface area contributed by atoms with Crippen molar-refractivity contribution in [2.24, 2.45) is 0 Å². The van der Waals surface area contributed by atoms with E-state index in [0.717, 1.165) is 23.3 Å². The number of nitrogens with one attached hydrogen (secondary N) is 4. The van der Waals surface area contributed by atoms with E-state index in [4.69, 9.17) is 24.4 Å². The molecule has 0 atom stereocenters. The van der Waals surface area contributed by atoms with Crippen molar-refractivity contribution in [3.8, 4) is 0 Å². The van der Waals surface area contributed by atoms with E-state index >= 15 is 0 Å². The van der Waals surface area contributed by atoms with Crippen molar-refractivity contribution in [3.63, 3.8) is 0 Å². The minimum Gasteiger partial charge on any atom is -0.360 e. The van der Waals surface area contributed by atoms with Gasteiger partial charge in [0.1, 0.15) is 0 Å². The summed E-state index contributed by atoms with van der Waals surface area (Å²) in [5.41, 5.74) is 2.45. The monoisotopic (exact) mass is 334 g/mol. The lowest BCUT2D eigenvalue weighted by atomic mass is 10.1. The van der Waals surface area contributed by atoms with Gasteiger partial charge in [-0.1, -0.05) is 24.3 Å². The second-order valence-corrected chi connectivity index (χ2v) is 6.84. The smallest absolute Gasteiger partial charge is 0.166 e. The second kappa shape index (κ2) is 7.24. The number of benzene rings is 1. The van der Waals surface area contributed by atoms with Gasteiger partial charge in [0.2, 0.25) is 0 Å². The summed E-state index contributed by atoms with van der Waals surface area (Å²) in [5.74, 6) is 0. The zero-order valence-electron chi connectivity index (χ0n) is 12.5. The molecule has 2 aliphatic carbocycles. The molecule has 0 radical (unpaired) electrons. The number of hydrogen-bond acceptors (Lipinski definition) is 2. The maximum atomic E-state index is 5.25. The van der Waals surface area contributed by atoms with Crippen molar-refractivity contribution in [1.82, 2.24) is 21.3 Å². The summed E-state index contributed by atoms with van der Waals surface area (Å²) in [4.78, 5) is 0. The molecule has 4 N–H and O–H groups in total. The molecule has 1 aromatic carbocycles. The molecule has 118 valence electrons. The van der Waals surface area contributed by atoms with Gasteiger partial charge in [-0.3, -0.25) is 0 Å². The Bertz CT molecular complexity index is 487. The lowest BCUT2D eigenvalue weighted by Crippen LogP contribution is -2.36. The van der Waals surface area contributed by atoms with E-state index in [1.54, 1.807) is 0 Å². The lowest BCUT2D eigenvalue weighted by molar-refractivity contribution is 0.821. The van der Waals surface area contributed by atoms with E-state index in [2.05, 4.69) is 45.5 Å². The first-order valence-electron chi connectivity index (χ1n) is 7.85. The van der Waals surface area contributed by atoms with Crippen LogP contribution in [0, 0.1) is 0 Å². The lowest BCUT2D eigenvalue weighted by Gasteiger charge is -2.11. The Morgan fingerprint density at radius 1 is 0.773 bits per heavy atom. The van der Waals surface area contributed by atoms with Crippen LogP contribution in [0.1, 0.15) is 36.8 Å². The summed E-state index contributed by atoms with van der Waals surface area (Å²) in [5, 5.41) is 14.5. The Labute approximate surface area is 142 Å². The SMILES string of the molecule is S=C(NCc1ccc(CNC(=S)NC2CC2)cc1)NC1CC1. The first kappa shape index (κ1) is 15.5. The average Bonchev–Trinajstić information content (AvgIpc) is 3.41. The van der Waals surface area contributed by atoms with Crippen LogP contribution >= 0.6 is 24.4 Å². The molecule has 0 spiro atoms. The maximum Gasteiger partial charge on any atom is 0.166 e. The van der Waals surface area contributed by atoms with Crippen LogP contribution in [0.25, 0.3) is 0 Å². The maximum absolute atomic E-state index is 5.25. The molecule has 0 amide bonds. The Morgan fingerprint density at radius 3 is 1.45 bits per heavy atom. The highest BCUT2D eigenvalue weighted by molar-refractivity contribution is 7.80. The van der Waals surface area contributed by atoms with E-state index in [0.29, 0.717) is 12.1 Å². The first-order chi connectivity index (χ1) is 10.7. The molecule has 6 heteroatoms. The van der Waals surface area contributed by atoms with Gasteiger partial charge in [-0.15, -0.1) is 0 Å². The van der Waals surface area contributed by atoms with Crippen LogP contribution in [0.4, 0.5) is 0 Å².